The summed E-state index contributed by atoms with van der Waals surface area (Å²) in [6.45, 7) is 4.66. The first-order chi connectivity index (χ1) is 15.0. The Morgan fingerprint density at radius 2 is 1.87 bits per heavy atom. The summed E-state index contributed by atoms with van der Waals surface area (Å²) in [5, 5.41) is 0. The number of hydrogen-bond acceptors (Lipinski definition) is 4. The van der Waals surface area contributed by atoms with E-state index in [1.807, 2.05) is 42.5 Å². The number of thiophene rings is 1. The van der Waals surface area contributed by atoms with Crippen molar-refractivity contribution in [3.05, 3.63) is 85.5 Å². The maximum atomic E-state index is 12.6. The summed E-state index contributed by atoms with van der Waals surface area (Å²) in [6, 6.07) is 15.9. The monoisotopic (exact) mass is 498 g/mol. The molecule has 0 aliphatic rings. The highest BCUT2D eigenvalue weighted by Gasteiger charge is 2.11. The SMILES string of the molecule is CCCc1sc(C(=O)/C=C/c2ccc(OC)c(COc3ccc(CC)cc3)c2)cc1Br. The highest BCUT2D eigenvalue weighted by Crippen LogP contribution is 2.29. The molecule has 31 heavy (non-hydrogen) atoms. The molecule has 3 rings (SSSR count). The molecule has 0 bridgehead atoms. The fraction of sp³-hybridized carbons (Fsp3) is 0.269. The molecule has 0 saturated carbocycles. The molecule has 0 atom stereocenters. The maximum Gasteiger partial charge on any atom is 0.195 e. The number of benzene rings is 2. The minimum absolute atomic E-state index is 0.0117. The van der Waals surface area contributed by atoms with Gasteiger partial charge in [-0.05, 0) is 76.3 Å². The summed E-state index contributed by atoms with van der Waals surface area (Å²) in [6.07, 6.45) is 6.51. The molecule has 162 valence electrons. The Balaban J connectivity index is 1.71. The second-order valence-corrected chi connectivity index (χ2v) is 9.18. The van der Waals surface area contributed by atoms with Gasteiger partial charge in [0.2, 0.25) is 0 Å². The molecule has 0 aliphatic heterocycles. The Morgan fingerprint density at radius 1 is 1.10 bits per heavy atom. The van der Waals surface area contributed by atoms with Gasteiger partial charge in [0.15, 0.2) is 5.78 Å². The Kier molecular flexibility index (Phi) is 8.50. The van der Waals surface area contributed by atoms with Gasteiger partial charge in [-0.15, -0.1) is 11.3 Å². The third-order valence-electron chi connectivity index (χ3n) is 4.93. The predicted octanol–water partition coefficient (Wildman–Crippen LogP) is 7.51. The number of hydrogen-bond donors (Lipinski definition) is 0. The number of allylic oxidation sites excluding steroid dienone is 1. The average molecular weight is 499 g/mol. The molecule has 0 radical (unpaired) electrons. The molecule has 0 fully saturated rings. The van der Waals surface area contributed by atoms with Crippen molar-refractivity contribution in [3.8, 4) is 11.5 Å². The van der Waals surface area contributed by atoms with Crippen molar-refractivity contribution in [1.82, 2.24) is 0 Å². The van der Waals surface area contributed by atoms with Gasteiger partial charge in [-0.25, -0.2) is 0 Å². The van der Waals surface area contributed by atoms with Crippen LogP contribution in [0.15, 0.2) is 59.1 Å². The highest BCUT2D eigenvalue weighted by molar-refractivity contribution is 9.10. The van der Waals surface area contributed by atoms with Crippen molar-refractivity contribution < 1.29 is 14.3 Å². The zero-order chi connectivity index (χ0) is 22.2. The summed E-state index contributed by atoms with van der Waals surface area (Å²) >= 11 is 5.12. The van der Waals surface area contributed by atoms with Crippen LogP contribution in [0.1, 0.15) is 51.5 Å². The molecule has 0 unspecified atom stereocenters. The molecule has 3 aromatic rings. The topological polar surface area (TPSA) is 35.5 Å². The van der Waals surface area contributed by atoms with E-state index in [0.29, 0.717) is 6.61 Å². The molecule has 0 N–H and O–H groups in total. The first kappa shape index (κ1) is 23.3. The van der Waals surface area contributed by atoms with E-state index >= 15 is 0 Å². The van der Waals surface area contributed by atoms with Crippen molar-refractivity contribution in [2.75, 3.05) is 7.11 Å². The molecular formula is C26H27BrO3S. The Hall–Kier alpha value is -2.37. The molecule has 3 nitrogen and oxygen atoms in total. The van der Waals surface area contributed by atoms with Crippen LogP contribution in [0.3, 0.4) is 0 Å². The smallest absolute Gasteiger partial charge is 0.195 e. The van der Waals surface area contributed by atoms with Crippen molar-refractivity contribution in [2.24, 2.45) is 0 Å². The van der Waals surface area contributed by atoms with Crippen LogP contribution in [-0.2, 0) is 19.4 Å². The summed E-state index contributed by atoms with van der Waals surface area (Å²) < 4.78 is 12.5. The number of ether oxygens (including phenoxy) is 2. The average Bonchev–Trinajstić information content (AvgIpc) is 3.17. The van der Waals surface area contributed by atoms with Crippen LogP contribution in [0.4, 0.5) is 0 Å². The zero-order valence-electron chi connectivity index (χ0n) is 18.1. The van der Waals surface area contributed by atoms with E-state index in [2.05, 4.69) is 41.9 Å². The second-order valence-electron chi connectivity index (χ2n) is 7.19. The molecule has 0 amide bonds. The third-order valence-corrected chi connectivity index (χ3v) is 7.11. The van der Waals surface area contributed by atoms with Gasteiger partial charge in [-0.3, -0.25) is 4.79 Å². The fourth-order valence-electron chi connectivity index (χ4n) is 3.18. The number of ketones is 1. The lowest BCUT2D eigenvalue weighted by Gasteiger charge is -2.11. The van der Waals surface area contributed by atoms with E-state index in [1.165, 1.54) is 10.4 Å². The Morgan fingerprint density at radius 3 is 2.55 bits per heavy atom. The number of aryl methyl sites for hydroxylation is 2. The summed E-state index contributed by atoms with van der Waals surface area (Å²) in [5.41, 5.74) is 3.14. The molecule has 0 saturated heterocycles. The van der Waals surface area contributed by atoms with Crippen LogP contribution in [0.2, 0.25) is 0 Å². The van der Waals surface area contributed by atoms with Crippen LogP contribution in [0, 0.1) is 0 Å². The van der Waals surface area contributed by atoms with Gasteiger partial charge in [-0.1, -0.05) is 44.5 Å². The minimum atomic E-state index is 0.0117. The van der Waals surface area contributed by atoms with Gasteiger partial charge in [0, 0.05) is 14.9 Å². The normalized spacial score (nSPS) is 11.1. The van der Waals surface area contributed by atoms with Gasteiger partial charge in [-0.2, -0.15) is 0 Å². The van der Waals surface area contributed by atoms with Crippen molar-refractivity contribution in [3.63, 3.8) is 0 Å². The Labute approximate surface area is 196 Å². The van der Waals surface area contributed by atoms with Gasteiger partial charge >= 0.3 is 0 Å². The lowest BCUT2D eigenvalue weighted by molar-refractivity contribution is 0.105. The lowest BCUT2D eigenvalue weighted by Crippen LogP contribution is -1.99. The van der Waals surface area contributed by atoms with Crippen LogP contribution in [0.5, 0.6) is 11.5 Å². The molecule has 0 spiro atoms. The van der Waals surface area contributed by atoms with E-state index in [-0.39, 0.29) is 5.78 Å². The van der Waals surface area contributed by atoms with E-state index in [0.717, 1.165) is 51.2 Å². The minimum Gasteiger partial charge on any atom is -0.496 e. The largest absolute Gasteiger partial charge is 0.496 e. The van der Waals surface area contributed by atoms with Gasteiger partial charge < -0.3 is 9.47 Å². The van der Waals surface area contributed by atoms with Crippen molar-refractivity contribution in [2.45, 2.75) is 39.7 Å². The predicted molar refractivity (Wildman–Crippen MR) is 133 cm³/mol. The third kappa shape index (κ3) is 6.31. The number of halogens is 1. The molecular weight excluding hydrogens is 472 g/mol. The van der Waals surface area contributed by atoms with E-state index in [1.54, 1.807) is 24.5 Å². The number of methoxy groups -OCH3 is 1. The quantitative estimate of drug-likeness (QED) is 0.214. The lowest BCUT2D eigenvalue weighted by atomic mass is 10.1. The van der Waals surface area contributed by atoms with E-state index in [4.69, 9.17) is 9.47 Å². The van der Waals surface area contributed by atoms with E-state index in [9.17, 15) is 4.79 Å². The van der Waals surface area contributed by atoms with Crippen LogP contribution >= 0.6 is 27.3 Å². The highest BCUT2D eigenvalue weighted by atomic mass is 79.9. The van der Waals surface area contributed by atoms with Gasteiger partial charge in [0.05, 0.1) is 12.0 Å². The van der Waals surface area contributed by atoms with Crippen LogP contribution in [-0.4, -0.2) is 12.9 Å². The number of carbonyl (C=O) groups is 1. The summed E-state index contributed by atoms with van der Waals surface area (Å²) in [4.78, 5) is 14.6. The van der Waals surface area contributed by atoms with E-state index < -0.39 is 0 Å². The zero-order valence-corrected chi connectivity index (χ0v) is 20.5. The van der Waals surface area contributed by atoms with Crippen molar-refractivity contribution in [1.29, 1.82) is 0 Å². The van der Waals surface area contributed by atoms with Crippen LogP contribution < -0.4 is 9.47 Å². The number of rotatable bonds is 10. The summed E-state index contributed by atoms with van der Waals surface area (Å²) in [7, 11) is 1.65. The molecule has 2 aromatic carbocycles. The van der Waals surface area contributed by atoms with Crippen LogP contribution in [0.25, 0.3) is 6.08 Å². The van der Waals surface area contributed by atoms with Gasteiger partial charge in [0.1, 0.15) is 18.1 Å². The Bertz CT molecular complexity index is 1050. The summed E-state index contributed by atoms with van der Waals surface area (Å²) in [5.74, 6) is 1.60. The maximum absolute atomic E-state index is 12.6. The van der Waals surface area contributed by atoms with Crippen molar-refractivity contribution >= 4 is 39.1 Å². The molecule has 5 heteroatoms. The fourth-order valence-corrected chi connectivity index (χ4v) is 5.07. The molecule has 1 aromatic heterocycles. The standard InChI is InChI=1S/C26H27BrO3S/c1-4-6-25-22(27)16-26(31-25)23(28)13-9-19-10-14-24(29-3)20(15-19)17-30-21-11-7-18(5-2)8-12-21/h7-16H,4-6,17H2,1-3H3/b13-9+. The molecule has 1 heterocycles. The second kappa shape index (κ2) is 11.3. The molecule has 0 aliphatic carbocycles. The first-order valence-electron chi connectivity index (χ1n) is 10.4. The van der Waals surface area contributed by atoms with Gasteiger partial charge in [0.25, 0.3) is 0 Å². The first-order valence-corrected chi connectivity index (χ1v) is 12.0. The number of carbonyl (C=O) groups excluding carboxylic acids is 1.